The first kappa shape index (κ1) is 21.3. The zero-order chi connectivity index (χ0) is 17.2. The van der Waals surface area contributed by atoms with Gasteiger partial charge in [0.15, 0.2) is 0 Å². The highest BCUT2D eigenvalue weighted by molar-refractivity contribution is 7.46. The maximum Gasteiger partial charge on any atom is 0.469 e. The monoisotopic (exact) mass is 336 g/mol. The summed E-state index contributed by atoms with van der Waals surface area (Å²) >= 11 is 0. The van der Waals surface area contributed by atoms with Crippen molar-refractivity contribution in [3.8, 4) is 0 Å². The van der Waals surface area contributed by atoms with E-state index in [9.17, 15) is 9.36 Å². The molecule has 2 N–H and O–H groups in total. The van der Waals surface area contributed by atoms with Gasteiger partial charge in [-0.15, -0.1) is 0 Å². The van der Waals surface area contributed by atoms with Crippen molar-refractivity contribution in [2.75, 3.05) is 6.61 Å². The number of phosphoric acid groups is 1. The Morgan fingerprint density at radius 2 is 1.68 bits per heavy atom. The highest BCUT2D eigenvalue weighted by atomic mass is 31.2. The smallest absolute Gasteiger partial charge is 0.456 e. The SMILES string of the molecule is C=C(C)C(=O)OC(COP(=O)(O)O)C(CCCC)CCCC. The minimum absolute atomic E-state index is 0.0229. The summed E-state index contributed by atoms with van der Waals surface area (Å²) in [6.07, 6.45) is 4.92. The molecule has 1 atom stereocenters. The molecule has 0 aliphatic rings. The third kappa shape index (κ3) is 10.1. The van der Waals surface area contributed by atoms with Crippen LogP contribution in [0.15, 0.2) is 12.2 Å². The third-order valence-corrected chi connectivity index (χ3v) is 3.88. The fourth-order valence-electron chi connectivity index (χ4n) is 2.12. The molecule has 0 fully saturated rings. The van der Waals surface area contributed by atoms with Gasteiger partial charge in [0.25, 0.3) is 0 Å². The lowest BCUT2D eigenvalue weighted by Crippen LogP contribution is -2.31. The predicted octanol–water partition coefficient (Wildman–Crippen LogP) is 3.58. The van der Waals surface area contributed by atoms with Gasteiger partial charge in [0.05, 0.1) is 6.61 Å². The molecule has 0 spiro atoms. The zero-order valence-corrected chi connectivity index (χ0v) is 14.7. The molecule has 1 unspecified atom stereocenters. The van der Waals surface area contributed by atoms with Crippen LogP contribution in [-0.2, 0) is 18.6 Å². The minimum Gasteiger partial charge on any atom is -0.456 e. The molecular weight excluding hydrogens is 307 g/mol. The van der Waals surface area contributed by atoms with Crippen LogP contribution in [0.5, 0.6) is 0 Å². The number of esters is 1. The molecule has 0 rings (SSSR count). The Balaban J connectivity index is 4.95. The van der Waals surface area contributed by atoms with Crippen molar-refractivity contribution in [3.05, 3.63) is 12.2 Å². The summed E-state index contributed by atoms with van der Waals surface area (Å²) in [5.41, 5.74) is 0.255. The molecule has 130 valence electrons. The maximum atomic E-state index is 11.8. The average Bonchev–Trinajstić information content (AvgIpc) is 2.42. The van der Waals surface area contributed by atoms with Gasteiger partial charge in [-0.3, -0.25) is 4.52 Å². The second-order valence-electron chi connectivity index (χ2n) is 5.55. The van der Waals surface area contributed by atoms with Crippen LogP contribution in [-0.4, -0.2) is 28.5 Å². The van der Waals surface area contributed by atoms with Crippen molar-refractivity contribution < 1.29 is 28.4 Å². The number of ether oxygens (including phenoxy) is 1. The maximum absolute atomic E-state index is 11.8. The molecule has 0 aromatic carbocycles. The molecule has 0 saturated heterocycles. The van der Waals surface area contributed by atoms with E-state index in [2.05, 4.69) is 25.0 Å². The van der Waals surface area contributed by atoms with Crippen molar-refractivity contribution in [2.24, 2.45) is 5.92 Å². The van der Waals surface area contributed by atoms with Crippen molar-refractivity contribution in [1.29, 1.82) is 0 Å². The quantitative estimate of drug-likeness (QED) is 0.321. The van der Waals surface area contributed by atoms with Gasteiger partial charge >= 0.3 is 13.8 Å². The van der Waals surface area contributed by atoms with E-state index in [0.29, 0.717) is 0 Å². The number of carbonyl (C=O) groups excluding carboxylic acids is 1. The largest absolute Gasteiger partial charge is 0.469 e. The van der Waals surface area contributed by atoms with E-state index in [4.69, 9.17) is 14.5 Å². The molecule has 0 aromatic heterocycles. The van der Waals surface area contributed by atoms with Crippen LogP contribution < -0.4 is 0 Å². The first-order chi connectivity index (χ1) is 10.2. The van der Waals surface area contributed by atoms with E-state index >= 15 is 0 Å². The average molecular weight is 336 g/mol. The van der Waals surface area contributed by atoms with Crippen LogP contribution in [0.25, 0.3) is 0 Å². The lowest BCUT2D eigenvalue weighted by Gasteiger charge is -2.27. The van der Waals surface area contributed by atoms with E-state index in [0.717, 1.165) is 38.5 Å². The van der Waals surface area contributed by atoms with Gasteiger partial charge in [-0.2, -0.15) is 0 Å². The van der Waals surface area contributed by atoms with Crippen LogP contribution >= 0.6 is 7.82 Å². The normalized spacial score (nSPS) is 13.2. The topological polar surface area (TPSA) is 93.1 Å². The lowest BCUT2D eigenvalue weighted by molar-refractivity contribution is -0.149. The Morgan fingerprint density at radius 3 is 2.05 bits per heavy atom. The van der Waals surface area contributed by atoms with E-state index in [1.807, 2.05) is 0 Å². The summed E-state index contributed by atoms with van der Waals surface area (Å²) in [4.78, 5) is 29.5. The van der Waals surface area contributed by atoms with Gasteiger partial charge in [0.1, 0.15) is 6.10 Å². The van der Waals surface area contributed by atoms with Crippen LogP contribution in [0.1, 0.15) is 59.3 Å². The van der Waals surface area contributed by atoms with Crippen LogP contribution in [0.3, 0.4) is 0 Å². The number of rotatable bonds is 12. The molecule has 0 radical (unpaired) electrons. The summed E-state index contributed by atoms with van der Waals surface area (Å²) in [5.74, 6) is -0.535. The summed E-state index contributed by atoms with van der Waals surface area (Å²) in [7, 11) is -4.59. The van der Waals surface area contributed by atoms with E-state index in [1.54, 1.807) is 0 Å². The summed E-state index contributed by atoms with van der Waals surface area (Å²) in [6, 6.07) is 0. The molecule has 0 bridgehead atoms. The van der Waals surface area contributed by atoms with E-state index in [-0.39, 0.29) is 18.1 Å². The molecular formula is C15H29O6P. The molecule has 0 heterocycles. The van der Waals surface area contributed by atoms with Crippen molar-refractivity contribution in [3.63, 3.8) is 0 Å². The van der Waals surface area contributed by atoms with Crippen molar-refractivity contribution in [2.45, 2.75) is 65.4 Å². The lowest BCUT2D eigenvalue weighted by atomic mass is 9.91. The van der Waals surface area contributed by atoms with Crippen LogP contribution in [0.4, 0.5) is 0 Å². The third-order valence-electron chi connectivity index (χ3n) is 3.40. The Kier molecular flexibility index (Phi) is 10.6. The summed E-state index contributed by atoms with van der Waals surface area (Å²) < 4.78 is 20.8. The number of carbonyl (C=O) groups is 1. The summed E-state index contributed by atoms with van der Waals surface area (Å²) in [6.45, 7) is 8.90. The number of unbranched alkanes of at least 4 members (excludes halogenated alkanes) is 2. The number of hydrogen-bond donors (Lipinski definition) is 2. The highest BCUT2D eigenvalue weighted by Gasteiger charge is 2.28. The fourth-order valence-corrected chi connectivity index (χ4v) is 2.46. The van der Waals surface area contributed by atoms with Gasteiger partial charge < -0.3 is 14.5 Å². The van der Waals surface area contributed by atoms with Crippen molar-refractivity contribution >= 4 is 13.8 Å². The molecule has 0 aliphatic carbocycles. The molecule has 6 nitrogen and oxygen atoms in total. The van der Waals surface area contributed by atoms with Crippen LogP contribution in [0.2, 0.25) is 0 Å². The number of phosphoric ester groups is 1. The van der Waals surface area contributed by atoms with Gasteiger partial charge in [-0.25, -0.2) is 9.36 Å². The van der Waals surface area contributed by atoms with Gasteiger partial charge in [-0.1, -0.05) is 46.1 Å². The Hall–Kier alpha value is -0.680. The van der Waals surface area contributed by atoms with Gasteiger partial charge in [0, 0.05) is 5.57 Å². The van der Waals surface area contributed by atoms with Crippen LogP contribution in [0, 0.1) is 5.92 Å². The first-order valence-electron chi connectivity index (χ1n) is 7.77. The fraction of sp³-hybridized carbons (Fsp3) is 0.800. The molecule has 0 amide bonds. The molecule has 7 heteroatoms. The van der Waals surface area contributed by atoms with Gasteiger partial charge in [0.2, 0.25) is 0 Å². The Bertz CT molecular complexity index is 381. The summed E-state index contributed by atoms with van der Waals surface area (Å²) in [5, 5.41) is 0. The van der Waals surface area contributed by atoms with Gasteiger partial charge in [-0.05, 0) is 25.7 Å². The highest BCUT2D eigenvalue weighted by Crippen LogP contribution is 2.37. The van der Waals surface area contributed by atoms with Crippen molar-refractivity contribution in [1.82, 2.24) is 0 Å². The van der Waals surface area contributed by atoms with E-state index in [1.165, 1.54) is 6.92 Å². The predicted molar refractivity (Wildman–Crippen MR) is 85.2 cm³/mol. The molecule has 22 heavy (non-hydrogen) atoms. The Morgan fingerprint density at radius 1 is 1.18 bits per heavy atom. The minimum atomic E-state index is -4.59. The first-order valence-corrected chi connectivity index (χ1v) is 9.30. The second-order valence-corrected chi connectivity index (χ2v) is 6.79. The molecule has 0 aliphatic heterocycles. The number of hydrogen-bond acceptors (Lipinski definition) is 4. The molecule has 0 aromatic rings. The standard InChI is InChI=1S/C15H29O6P/c1-5-7-9-13(10-8-6-2)14(11-20-22(17,18)19)21-15(16)12(3)4/h13-14H,3,5-11H2,1-2,4H3,(H2,17,18,19). The Labute approximate surface area is 133 Å². The second kappa shape index (κ2) is 10.9. The van der Waals surface area contributed by atoms with E-state index < -0.39 is 19.9 Å². The zero-order valence-electron chi connectivity index (χ0n) is 13.8. The molecule has 0 saturated carbocycles.